The molecule has 0 spiro atoms. The Balaban J connectivity index is 1.64. The first-order valence-electron chi connectivity index (χ1n) is 7.20. The molecule has 2 aromatic heterocycles. The largest absolute Gasteiger partial charge is 0.470 e. The van der Waals surface area contributed by atoms with Crippen LogP contribution in [0.2, 0.25) is 0 Å². The van der Waals surface area contributed by atoms with E-state index < -0.39 is 11.9 Å². The third-order valence-corrected chi connectivity index (χ3v) is 4.27. The average Bonchev–Trinajstić information content (AvgIpc) is 3.06. The molecule has 5 nitrogen and oxygen atoms in total. The van der Waals surface area contributed by atoms with Gasteiger partial charge < -0.3 is 9.64 Å². The van der Waals surface area contributed by atoms with Gasteiger partial charge in [-0.25, -0.2) is 15.0 Å². The van der Waals surface area contributed by atoms with Crippen LogP contribution in [0.5, 0.6) is 5.19 Å². The van der Waals surface area contributed by atoms with E-state index in [0.717, 1.165) is 25.1 Å². The Kier molecular flexibility index (Phi) is 4.65. The SMILES string of the molecule is FC(F)(F)c1ccnc(N2CCCC(COc3nccs3)C2)n1. The summed E-state index contributed by atoms with van der Waals surface area (Å²) in [5, 5.41) is 2.44. The predicted molar refractivity (Wildman–Crippen MR) is 79.6 cm³/mol. The first-order valence-corrected chi connectivity index (χ1v) is 8.08. The van der Waals surface area contributed by atoms with Crippen LogP contribution in [0, 0.1) is 5.92 Å². The molecule has 0 radical (unpaired) electrons. The third-order valence-electron chi connectivity index (χ3n) is 3.59. The highest BCUT2D eigenvalue weighted by Crippen LogP contribution is 2.29. The molecule has 0 saturated carbocycles. The molecule has 1 aliphatic heterocycles. The number of thiazole rings is 1. The molecule has 1 saturated heterocycles. The minimum atomic E-state index is -4.46. The van der Waals surface area contributed by atoms with Gasteiger partial charge >= 0.3 is 6.18 Å². The second-order valence-corrected chi connectivity index (χ2v) is 6.16. The van der Waals surface area contributed by atoms with Crippen molar-refractivity contribution in [3.05, 3.63) is 29.5 Å². The normalized spacial score (nSPS) is 18.9. The molecule has 0 N–H and O–H groups in total. The van der Waals surface area contributed by atoms with Crippen molar-refractivity contribution in [2.24, 2.45) is 5.92 Å². The second kappa shape index (κ2) is 6.69. The molecule has 1 unspecified atom stereocenters. The van der Waals surface area contributed by atoms with Crippen LogP contribution < -0.4 is 9.64 Å². The van der Waals surface area contributed by atoms with Crippen molar-refractivity contribution in [2.75, 3.05) is 24.6 Å². The summed E-state index contributed by atoms with van der Waals surface area (Å²) >= 11 is 1.42. The van der Waals surface area contributed by atoms with Gasteiger partial charge in [-0.1, -0.05) is 11.3 Å². The molecule has 0 bridgehead atoms. The molecule has 9 heteroatoms. The molecule has 1 fully saturated rings. The Morgan fingerprint density at radius 1 is 1.30 bits per heavy atom. The molecule has 1 aliphatic rings. The second-order valence-electron chi connectivity index (χ2n) is 5.30. The molecular formula is C14H15F3N4OS. The van der Waals surface area contributed by atoms with Gasteiger partial charge in [0, 0.05) is 36.8 Å². The lowest BCUT2D eigenvalue weighted by molar-refractivity contribution is -0.141. The smallest absolute Gasteiger partial charge is 0.433 e. The van der Waals surface area contributed by atoms with Crippen molar-refractivity contribution in [2.45, 2.75) is 19.0 Å². The zero-order valence-corrected chi connectivity index (χ0v) is 13.0. The zero-order chi connectivity index (χ0) is 16.3. The molecule has 23 heavy (non-hydrogen) atoms. The maximum Gasteiger partial charge on any atom is 0.433 e. The van der Waals surface area contributed by atoms with Crippen LogP contribution in [0.4, 0.5) is 19.1 Å². The number of ether oxygens (including phenoxy) is 1. The summed E-state index contributed by atoms with van der Waals surface area (Å²) in [4.78, 5) is 13.5. The fourth-order valence-electron chi connectivity index (χ4n) is 2.51. The van der Waals surface area contributed by atoms with Crippen LogP contribution in [0.15, 0.2) is 23.8 Å². The molecule has 3 rings (SSSR count). The van der Waals surface area contributed by atoms with Crippen LogP contribution in [0.1, 0.15) is 18.5 Å². The summed E-state index contributed by atoms with van der Waals surface area (Å²) < 4.78 is 43.9. The molecule has 0 amide bonds. The fraction of sp³-hybridized carbons (Fsp3) is 0.500. The van der Waals surface area contributed by atoms with E-state index in [2.05, 4.69) is 15.0 Å². The Bertz CT molecular complexity index is 635. The summed E-state index contributed by atoms with van der Waals surface area (Å²) in [5.74, 6) is 0.338. The van der Waals surface area contributed by atoms with E-state index in [9.17, 15) is 13.2 Å². The van der Waals surface area contributed by atoms with Gasteiger partial charge in [-0.15, -0.1) is 0 Å². The van der Waals surface area contributed by atoms with Crippen LogP contribution in [0.25, 0.3) is 0 Å². The fourth-order valence-corrected chi connectivity index (χ4v) is 3.01. The number of alkyl halides is 3. The summed E-state index contributed by atoms with van der Waals surface area (Å²) in [7, 11) is 0. The van der Waals surface area contributed by atoms with E-state index in [1.54, 1.807) is 11.1 Å². The van der Waals surface area contributed by atoms with Crippen molar-refractivity contribution >= 4 is 17.3 Å². The Morgan fingerprint density at radius 2 is 2.17 bits per heavy atom. The number of hydrogen-bond acceptors (Lipinski definition) is 6. The van der Waals surface area contributed by atoms with E-state index in [1.165, 1.54) is 11.3 Å². The first-order chi connectivity index (χ1) is 11.0. The topological polar surface area (TPSA) is 51.1 Å². The van der Waals surface area contributed by atoms with Crippen molar-refractivity contribution in [3.63, 3.8) is 0 Å². The van der Waals surface area contributed by atoms with Gasteiger partial charge in [0.15, 0.2) is 0 Å². The molecular weight excluding hydrogens is 329 g/mol. The Morgan fingerprint density at radius 3 is 2.91 bits per heavy atom. The maximum atomic E-state index is 12.8. The number of halogens is 3. The summed E-state index contributed by atoms with van der Waals surface area (Å²) in [6.07, 6.45) is 0.192. The Hall–Kier alpha value is -1.90. The Labute approximate surface area is 135 Å². The molecule has 124 valence electrons. The van der Waals surface area contributed by atoms with Gasteiger partial charge in [-0.2, -0.15) is 13.2 Å². The number of aromatic nitrogens is 3. The molecule has 3 heterocycles. The lowest BCUT2D eigenvalue weighted by Gasteiger charge is -2.32. The van der Waals surface area contributed by atoms with Gasteiger partial charge in [0.2, 0.25) is 5.95 Å². The number of rotatable bonds is 4. The van der Waals surface area contributed by atoms with E-state index in [4.69, 9.17) is 4.74 Å². The highest BCUT2D eigenvalue weighted by molar-refractivity contribution is 7.11. The minimum Gasteiger partial charge on any atom is -0.470 e. The van der Waals surface area contributed by atoms with Crippen LogP contribution in [-0.4, -0.2) is 34.6 Å². The molecule has 2 aromatic rings. The van der Waals surface area contributed by atoms with Crippen LogP contribution in [-0.2, 0) is 6.18 Å². The monoisotopic (exact) mass is 344 g/mol. The van der Waals surface area contributed by atoms with Crippen LogP contribution in [0.3, 0.4) is 0 Å². The van der Waals surface area contributed by atoms with Gasteiger partial charge in [-0.3, -0.25) is 0 Å². The predicted octanol–water partition coefficient (Wildman–Crippen LogP) is 3.25. The highest BCUT2D eigenvalue weighted by Gasteiger charge is 2.33. The van der Waals surface area contributed by atoms with Gasteiger partial charge in [0.25, 0.3) is 5.19 Å². The van der Waals surface area contributed by atoms with E-state index in [-0.39, 0.29) is 11.9 Å². The zero-order valence-electron chi connectivity index (χ0n) is 12.2. The summed E-state index contributed by atoms with van der Waals surface area (Å²) in [6, 6.07) is 0.885. The lowest BCUT2D eigenvalue weighted by Crippen LogP contribution is -2.39. The molecule has 0 aromatic carbocycles. The van der Waals surface area contributed by atoms with Crippen molar-refractivity contribution < 1.29 is 17.9 Å². The van der Waals surface area contributed by atoms with E-state index in [1.807, 2.05) is 5.38 Å². The number of anilines is 1. The number of hydrogen-bond donors (Lipinski definition) is 0. The third kappa shape index (κ3) is 4.10. The standard InChI is InChI=1S/C14H15F3N4OS/c15-14(16,17)11-3-4-18-12(20-11)21-6-1-2-10(8-21)9-22-13-19-5-7-23-13/h3-5,7,10H,1-2,6,8-9H2. The summed E-state index contributed by atoms with van der Waals surface area (Å²) in [5.41, 5.74) is -0.913. The van der Waals surface area contributed by atoms with Crippen LogP contribution >= 0.6 is 11.3 Å². The van der Waals surface area contributed by atoms with Crippen molar-refractivity contribution in [1.82, 2.24) is 15.0 Å². The van der Waals surface area contributed by atoms with E-state index in [0.29, 0.717) is 24.9 Å². The van der Waals surface area contributed by atoms with Crippen molar-refractivity contribution in [1.29, 1.82) is 0 Å². The number of piperidine rings is 1. The highest BCUT2D eigenvalue weighted by atomic mass is 32.1. The van der Waals surface area contributed by atoms with Gasteiger partial charge in [0.1, 0.15) is 5.69 Å². The molecule has 0 aliphatic carbocycles. The number of nitrogens with zero attached hydrogens (tertiary/aromatic N) is 4. The van der Waals surface area contributed by atoms with Crippen molar-refractivity contribution in [3.8, 4) is 5.19 Å². The summed E-state index contributed by atoms with van der Waals surface area (Å²) in [6.45, 7) is 1.71. The lowest BCUT2D eigenvalue weighted by atomic mass is 9.99. The maximum absolute atomic E-state index is 12.8. The quantitative estimate of drug-likeness (QED) is 0.852. The average molecular weight is 344 g/mol. The minimum absolute atomic E-state index is 0.124. The molecule has 1 atom stereocenters. The van der Waals surface area contributed by atoms with Gasteiger partial charge in [0.05, 0.1) is 6.61 Å². The van der Waals surface area contributed by atoms with E-state index >= 15 is 0 Å². The van der Waals surface area contributed by atoms with Gasteiger partial charge in [-0.05, 0) is 18.9 Å². The first kappa shape index (κ1) is 16.0.